The summed E-state index contributed by atoms with van der Waals surface area (Å²) in [5.41, 5.74) is 2.94. The molecular formula is C28H23F3N2O2. The molecule has 1 fully saturated rings. The lowest BCUT2D eigenvalue weighted by atomic mass is 9.97. The standard InChI is InChI=1S/C28H23F3N2O2/c29-28(30,31)25-14-12-21(23-16-24(23)25)11-13-22-15-26(34-17-19-7-3-1-4-8-19)27(33-32-22)35-18-20-9-5-2-6-10-20/h1-15,23-24H,16-18H2/b13-11+. The van der Waals surface area contributed by atoms with Gasteiger partial charge in [0.05, 0.1) is 5.69 Å². The zero-order chi connectivity index (χ0) is 24.3. The minimum absolute atomic E-state index is 0.0943. The number of fused-ring (bicyclic) bond motifs is 1. The molecule has 0 bridgehead atoms. The number of allylic oxidation sites excluding steroid dienone is 5. The zero-order valence-electron chi connectivity index (χ0n) is 18.8. The Morgan fingerprint density at radius 3 is 2.11 bits per heavy atom. The summed E-state index contributed by atoms with van der Waals surface area (Å²) in [5, 5.41) is 8.43. The van der Waals surface area contributed by atoms with Crippen LogP contribution in [0.3, 0.4) is 0 Å². The van der Waals surface area contributed by atoms with Crippen LogP contribution in [0.25, 0.3) is 6.08 Å². The van der Waals surface area contributed by atoms with Gasteiger partial charge >= 0.3 is 6.18 Å². The van der Waals surface area contributed by atoms with Crippen molar-refractivity contribution in [2.45, 2.75) is 25.8 Å². The first-order valence-corrected chi connectivity index (χ1v) is 11.4. The predicted molar refractivity (Wildman–Crippen MR) is 126 cm³/mol. The second kappa shape index (κ2) is 9.78. The summed E-state index contributed by atoms with van der Waals surface area (Å²) in [6, 6.07) is 21.2. The van der Waals surface area contributed by atoms with E-state index in [4.69, 9.17) is 9.47 Å². The molecule has 0 saturated heterocycles. The number of rotatable bonds is 8. The van der Waals surface area contributed by atoms with Crippen molar-refractivity contribution in [2.75, 3.05) is 0 Å². The molecule has 0 amide bonds. The van der Waals surface area contributed by atoms with Crippen LogP contribution < -0.4 is 9.47 Å². The highest BCUT2D eigenvalue weighted by Crippen LogP contribution is 2.55. The zero-order valence-corrected chi connectivity index (χ0v) is 18.8. The van der Waals surface area contributed by atoms with Crippen LogP contribution in [0.5, 0.6) is 11.6 Å². The van der Waals surface area contributed by atoms with E-state index in [0.29, 0.717) is 31.1 Å². The summed E-state index contributed by atoms with van der Waals surface area (Å²) in [4.78, 5) is 0. The Morgan fingerprint density at radius 1 is 0.800 bits per heavy atom. The van der Waals surface area contributed by atoms with Crippen molar-refractivity contribution >= 4 is 6.08 Å². The van der Waals surface area contributed by atoms with Crippen LogP contribution in [-0.2, 0) is 13.2 Å². The van der Waals surface area contributed by atoms with Crippen LogP contribution in [-0.4, -0.2) is 16.4 Å². The van der Waals surface area contributed by atoms with E-state index in [-0.39, 0.29) is 11.8 Å². The van der Waals surface area contributed by atoms with Gasteiger partial charge in [0.2, 0.25) is 0 Å². The van der Waals surface area contributed by atoms with Crippen LogP contribution >= 0.6 is 0 Å². The molecule has 2 atom stereocenters. The van der Waals surface area contributed by atoms with E-state index in [1.165, 1.54) is 6.08 Å². The molecule has 7 heteroatoms. The third-order valence-electron chi connectivity index (χ3n) is 6.05. The Hall–Kier alpha value is -3.87. The van der Waals surface area contributed by atoms with Gasteiger partial charge in [-0.3, -0.25) is 0 Å². The molecule has 178 valence electrons. The third kappa shape index (κ3) is 5.62. The number of halogens is 3. The maximum Gasteiger partial charge on any atom is 0.412 e. The molecule has 4 nitrogen and oxygen atoms in total. The molecular weight excluding hydrogens is 453 g/mol. The van der Waals surface area contributed by atoms with Gasteiger partial charge in [-0.2, -0.15) is 13.2 Å². The Kier molecular flexibility index (Phi) is 6.40. The van der Waals surface area contributed by atoms with E-state index in [2.05, 4.69) is 10.2 Å². The predicted octanol–water partition coefficient (Wildman–Crippen LogP) is 6.71. The highest BCUT2D eigenvalue weighted by Gasteiger charge is 2.51. The fourth-order valence-corrected chi connectivity index (χ4v) is 4.13. The van der Waals surface area contributed by atoms with Gasteiger partial charge in [-0.05, 0) is 41.0 Å². The van der Waals surface area contributed by atoms with Gasteiger partial charge in [-0.25, -0.2) is 0 Å². The lowest BCUT2D eigenvalue weighted by molar-refractivity contribution is -0.0959. The maximum atomic E-state index is 13.1. The average molecular weight is 476 g/mol. The van der Waals surface area contributed by atoms with E-state index in [1.54, 1.807) is 18.2 Å². The molecule has 1 saturated carbocycles. The lowest BCUT2D eigenvalue weighted by Crippen LogP contribution is -2.15. The topological polar surface area (TPSA) is 44.2 Å². The van der Waals surface area contributed by atoms with E-state index in [0.717, 1.165) is 16.7 Å². The fourth-order valence-electron chi connectivity index (χ4n) is 4.13. The lowest BCUT2D eigenvalue weighted by Gasteiger charge is -2.14. The summed E-state index contributed by atoms with van der Waals surface area (Å²) in [6.45, 7) is 0.646. The maximum absolute atomic E-state index is 13.1. The molecule has 1 aromatic heterocycles. The number of aromatic nitrogens is 2. The molecule has 0 N–H and O–H groups in total. The van der Waals surface area contributed by atoms with Crippen molar-refractivity contribution in [3.63, 3.8) is 0 Å². The Morgan fingerprint density at radius 2 is 1.46 bits per heavy atom. The monoisotopic (exact) mass is 476 g/mol. The van der Waals surface area contributed by atoms with Gasteiger partial charge < -0.3 is 9.47 Å². The van der Waals surface area contributed by atoms with Crippen molar-refractivity contribution in [1.82, 2.24) is 10.2 Å². The quantitative estimate of drug-likeness (QED) is 0.362. The van der Waals surface area contributed by atoms with Crippen LogP contribution in [0.2, 0.25) is 0 Å². The summed E-state index contributed by atoms with van der Waals surface area (Å²) in [7, 11) is 0. The Bertz CT molecular complexity index is 1270. The molecule has 2 aromatic carbocycles. The molecule has 2 aliphatic rings. The summed E-state index contributed by atoms with van der Waals surface area (Å²) < 4.78 is 51.2. The highest BCUT2D eigenvalue weighted by atomic mass is 19.4. The largest absolute Gasteiger partial charge is 0.483 e. The van der Waals surface area contributed by atoms with Gasteiger partial charge in [0, 0.05) is 11.6 Å². The minimum Gasteiger partial charge on any atom is -0.483 e. The smallest absolute Gasteiger partial charge is 0.412 e. The molecule has 35 heavy (non-hydrogen) atoms. The molecule has 3 aromatic rings. The van der Waals surface area contributed by atoms with Gasteiger partial charge in [-0.15, -0.1) is 10.2 Å². The Labute approximate surface area is 201 Å². The van der Waals surface area contributed by atoms with Crippen molar-refractivity contribution in [1.29, 1.82) is 0 Å². The summed E-state index contributed by atoms with van der Waals surface area (Å²) >= 11 is 0. The number of benzene rings is 2. The number of hydrogen-bond donors (Lipinski definition) is 0. The van der Waals surface area contributed by atoms with E-state index >= 15 is 0 Å². The summed E-state index contributed by atoms with van der Waals surface area (Å²) in [6.07, 6.45) is 2.54. The molecule has 2 unspecified atom stereocenters. The molecule has 2 aliphatic carbocycles. The second-order valence-corrected chi connectivity index (χ2v) is 8.56. The SMILES string of the molecule is FC(F)(F)C1=CC=C(/C=C/c2cc(OCc3ccccc3)c(OCc3ccccc3)nn2)C2CC12. The molecule has 1 heterocycles. The molecule has 5 rings (SSSR count). The second-order valence-electron chi connectivity index (χ2n) is 8.56. The van der Waals surface area contributed by atoms with E-state index < -0.39 is 17.7 Å². The number of ether oxygens (including phenoxy) is 2. The first kappa shape index (κ1) is 22.9. The molecule has 0 aliphatic heterocycles. The van der Waals surface area contributed by atoms with Crippen molar-refractivity contribution in [3.05, 3.63) is 113 Å². The van der Waals surface area contributed by atoms with Gasteiger partial charge in [0.25, 0.3) is 5.88 Å². The van der Waals surface area contributed by atoms with Crippen LogP contribution in [0.4, 0.5) is 13.2 Å². The van der Waals surface area contributed by atoms with E-state index in [1.807, 2.05) is 66.7 Å². The van der Waals surface area contributed by atoms with Gasteiger partial charge in [-0.1, -0.05) is 78.9 Å². The molecule has 0 radical (unpaired) electrons. The van der Waals surface area contributed by atoms with Crippen molar-refractivity contribution in [3.8, 4) is 11.6 Å². The molecule has 0 spiro atoms. The van der Waals surface area contributed by atoms with Gasteiger partial charge in [0.15, 0.2) is 5.75 Å². The first-order valence-electron chi connectivity index (χ1n) is 11.4. The summed E-state index contributed by atoms with van der Waals surface area (Å²) in [5.74, 6) is 0.187. The van der Waals surface area contributed by atoms with Crippen molar-refractivity contribution in [2.24, 2.45) is 11.8 Å². The first-order chi connectivity index (χ1) is 17.0. The highest BCUT2D eigenvalue weighted by molar-refractivity contribution is 5.55. The van der Waals surface area contributed by atoms with Crippen LogP contribution in [0.1, 0.15) is 23.2 Å². The number of nitrogens with zero attached hydrogens (tertiary/aromatic N) is 2. The minimum atomic E-state index is -4.27. The van der Waals surface area contributed by atoms with Crippen LogP contribution in [0.15, 0.2) is 96.1 Å². The third-order valence-corrected chi connectivity index (χ3v) is 6.05. The normalized spacial score (nSPS) is 19.1. The van der Waals surface area contributed by atoms with E-state index in [9.17, 15) is 13.2 Å². The fraction of sp³-hybridized carbons (Fsp3) is 0.214. The number of hydrogen-bond acceptors (Lipinski definition) is 4. The van der Waals surface area contributed by atoms with Gasteiger partial charge in [0.1, 0.15) is 13.2 Å². The average Bonchev–Trinajstić information content (AvgIpc) is 3.67. The van der Waals surface area contributed by atoms with Crippen molar-refractivity contribution < 1.29 is 22.6 Å². The number of alkyl halides is 3. The van der Waals surface area contributed by atoms with Crippen LogP contribution in [0, 0.1) is 11.8 Å². The Balaban J connectivity index is 1.34.